The van der Waals surface area contributed by atoms with Crippen LogP contribution in [-0.4, -0.2) is 29.7 Å². The number of hydrogen-bond acceptors (Lipinski definition) is 4. The molecule has 3 rings (SSSR count). The maximum absolute atomic E-state index is 10.7. The molecule has 3 aromatic rings. The first-order valence-corrected chi connectivity index (χ1v) is 6.95. The molecule has 1 aromatic carbocycles. The van der Waals surface area contributed by atoms with Crippen LogP contribution < -0.4 is 0 Å². The molecule has 0 fully saturated rings. The summed E-state index contributed by atoms with van der Waals surface area (Å²) in [6.45, 7) is 2.91. The summed E-state index contributed by atoms with van der Waals surface area (Å²) in [7, 11) is 0. The van der Waals surface area contributed by atoms with E-state index in [0.717, 1.165) is 24.3 Å². The minimum absolute atomic E-state index is 0.624. The molecule has 6 nitrogen and oxygen atoms in total. The zero-order chi connectivity index (χ0) is 14.7. The van der Waals surface area contributed by atoms with Crippen molar-refractivity contribution in [3.63, 3.8) is 0 Å². The number of aliphatic hydroxyl groups excluding tert-OH is 1. The summed E-state index contributed by atoms with van der Waals surface area (Å²) in [5.74, 6) is 0. The van der Waals surface area contributed by atoms with Crippen LogP contribution in [0, 0.1) is 0 Å². The summed E-state index contributed by atoms with van der Waals surface area (Å²) in [4.78, 5) is 4.13. The van der Waals surface area contributed by atoms with Crippen LogP contribution in [0.5, 0.6) is 0 Å². The number of benzene rings is 1. The molecular formula is C15H17N5O. The molecule has 0 spiro atoms. The maximum atomic E-state index is 10.7. The Balaban J connectivity index is 1.98. The van der Waals surface area contributed by atoms with Gasteiger partial charge in [0.15, 0.2) is 0 Å². The van der Waals surface area contributed by atoms with E-state index in [0.29, 0.717) is 5.69 Å². The lowest BCUT2D eigenvalue weighted by molar-refractivity contribution is 0.201. The smallest absolute Gasteiger partial charge is 0.139 e. The molecule has 2 heterocycles. The number of aromatic nitrogens is 5. The summed E-state index contributed by atoms with van der Waals surface area (Å²) < 4.78 is 3.60. The number of aryl methyl sites for hydroxylation is 1. The van der Waals surface area contributed by atoms with E-state index in [-0.39, 0.29) is 0 Å². The lowest BCUT2D eigenvalue weighted by atomic mass is 10.2. The molecule has 0 amide bonds. The van der Waals surface area contributed by atoms with E-state index in [1.165, 1.54) is 0 Å². The van der Waals surface area contributed by atoms with Gasteiger partial charge in [-0.3, -0.25) is 0 Å². The van der Waals surface area contributed by atoms with Gasteiger partial charge in [0.05, 0.1) is 35.8 Å². The summed E-state index contributed by atoms with van der Waals surface area (Å²) in [6.07, 6.45) is 5.17. The zero-order valence-corrected chi connectivity index (χ0v) is 11.8. The Morgan fingerprint density at radius 2 is 1.95 bits per heavy atom. The third kappa shape index (κ3) is 2.57. The van der Waals surface area contributed by atoms with Crippen molar-refractivity contribution in [3.8, 4) is 5.69 Å². The molecule has 21 heavy (non-hydrogen) atoms. The van der Waals surface area contributed by atoms with Gasteiger partial charge in [-0.2, -0.15) is 0 Å². The van der Waals surface area contributed by atoms with Crippen molar-refractivity contribution < 1.29 is 5.11 Å². The van der Waals surface area contributed by atoms with Gasteiger partial charge in [-0.1, -0.05) is 30.3 Å². The molecule has 0 aliphatic carbocycles. The van der Waals surface area contributed by atoms with Crippen LogP contribution in [0.25, 0.3) is 5.69 Å². The highest BCUT2D eigenvalue weighted by Gasteiger charge is 2.20. The van der Waals surface area contributed by atoms with Crippen LogP contribution >= 0.6 is 0 Å². The Bertz CT molecular complexity index is 704. The van der Waals surface area contributed by atoms with E-state index in [1.54, 1.807) is 23.4 Å². The van der Waals surface area contributed by atoms with Crippen molar-refractivity contribution in [2.75, 3.05) is 0 Å². The normalized spacial score (nSPS) is 12.5. The van der Waals surface area contributed by atoms with Crippen molar-refractivity contribution >= 4 is 0 Å². The fourth-order valence-corrected chi connectivity index (χ4v) is 2.34. The van der Waals surface area contributed by atoms with Crippen molar-refractivity contribution in [2.24, 2.45) is 0 Å². The van der Waals surface area contributed by atoms with Crippen LogP contribution in [0.15, 0.2) is 49.1 Å². The van der Waals surface area contributed by atoms with Crippen molar-refractivity contribution in [1.29, 1.82) is 0 Å². The first-order chi connectivity index (χ1) is 10.3. The fourth-order valence-electron chi connectivity index (χ4n) is 2.34. The van der Waals surface area contributed by atoms with Gasteiger partial charge in [0.2, 0.25) is 0 Å². The molecule has 2 aromatic heterocycles. The molecule has 0 saturated carbocycles. The van der Waals surface area contributed by atoms with Crippen LogP contribution in [0.2, 0.25) is 0 Å². The van der Waals surface area contributed by atoms with Gasteiger partial charge in [0, 0.05) is 6.54 Å². The highest BCUT2D eigenvalue weighted by atomic mass is 16.3. The number of hydrogen-bond donors (Lipinski definition) is 1. The molecule has 0 aliphatic heterocycles. The summed E-state index contributed by atoms with van der Waals surface area (Å²) in [5.41, 5.74) is 2.24. The number of rotatable bonds is 5. The molecule has 0 radical (unpaired) electrons. The zero-order valence-electron chi connectivity index (χ0n) is 11.8. The Morgan fingerprint density at radius 1 is 1.14 bits per heavy atom. The Hall–Kier alpha value is -2.47. The fraction of sp³-hybridized carbons (Fsp3) is 0.267. The molecule has 1 unspecified atom stereocenters. The molecule has 0 bridgehead atoms. The Kier molecular flexibility index (Phi) is 3.79. The van der Waals surface area contributed by atoms with Crippen LogP contribution in [0.3, 0.4) is 0 Å². The van der Waals surface area contributed by atoms with Crippen LogP contribution in [0.4, 0.5) is 0 Å². The van der Waals surface area contributed by atoms with Gasteiger partial charge in [-0.25, -0.2) is 9.67 Å². The minimum Gasteiger partial charge on any atom is -0.380 e. The van der Waals surface area contributed by atoms with E-state index in [2.05, 4.69) is 22.2 Å². The first-order valence-electron chi connectivity index (χ1n) is 6.95. The van der Waals surface area contributed by atoms with Gasteiger partial charge >= 0.3 is 0 Å². The molecular weight excluding hydrogens is 266 g/mol. The largest absolute Gasteiger partial charge is 0.380 e. The summed E-state index contributed by atoms with van der Waals surface area (Å²) in [5, 5.41) is 18.7. The number of para-hydroxylation sites is 1. The lowest BCUT2D eigenvalue weighted by Gasteiger charge is -2.14. The minimum atomic E-state index is -0.811. The Morgan fingerprint density at radius 3 is 2.71 bits per heavy atom. The highest BCUT2D eigenvalue weighted by molar-refractivity contribution is 5.33. The monoisotopic (exact) mass is 283 g/mol. The standard InChI is InChI=1S/C15H17N5O/c1-2-8-19-11-16-9-13(19)15(21)14-10-17-18-20(14)12-6-4-3-5-7-12/h3-7,9-11,15,21H,2,8H2,1H3. The average molecular weight is 283 g/mol. The van der Waals surface area contributed by atoms with Gasteiger partial charge in [-0.05, 0) is 18.6 Å². The van der Waals surface area contributed by atoms with E-state index >= 15 is 0 Å². The van der Waals surface area contributed by atoms with E-state index in [1.807, 2.05) is 34.9 Å². The maximum Gasteiger partial charge on any atom is 0.139 e. The topological polar surface area (TPSA) is 68.8 Å². The van der Waals surface area contributed by atoms with Crippen LogP contribution in [0.1, 0.15) is 30.8 Å². The van der Waals surface area contributed by atoms with Gasteiger partial charge in [-0.15, -0.1) is 5.10 Å². The predicted octanol–water partition coefficient (Wildman–Crippen LogP) is 1.96. The molecule has 0 aliphatic rings. The number of imidazole rings is 1. The van der Waals surface area contributed by atoms with Crippen molar-refractivity contribution in [3.05, 3.63) is 60.4 Å². The first kappa shape index (κ1) is 13.5. The average Bonchev–Trinajstić information content (AvgIpc) is 3.17. The predicted molar refractivity (Wildman–Crippen MR) is 77.9 cm³/mol. The quantitative estimate of drug-likeness (QED) is 0.777. The Labute approximate surface area is 122 Å². The molecule has 0 saturated heterocycles. The molecule has 108 valence electrons. The molecule has 1 N–H and O–H groups in total. The van der Waals surface area contributed by atoms with Crippen molar-refractivity contribution in [1.82, 2.24) is 24.5 Å². The van der Waals surface area contributed by atoms with E-state index in [9.17, 15) is 5.11 Å². The van der Waals surface area contributed by atoms with Gasteiger partial charge < -0.3 is 9.67 Å². The third-order valence-corrected chi connectivity index (χ3v) is 3.35. The third-order valence-electron chi connectivity index (χ3n) is 3.35. The number of aliphatic hydroxyl groups is 1. The second-order valence-electron chi connectivity index (χ2n) is 4.82. The molecule has 6 heteroatoms. The number of nitrogens with zero attached hydrogens (tertiary/aromatic N) is 5. The second-order valence-corrected chi connectivity index (χ2v) is 4.82. The highest BCUT2D eigenvalue weighted by Crippen LogP contribution is 2.23. The van der Waals surface area contributed by atoms with Gasteiger partial charge in [0.1, 0.15) is 6.10 Å². The van der Waals surface area contributed by atoms with Crippen molar-refractivity contribution in [2.45, 2.75) is 26.0 Å². The summed E-state index contributed by atoms with van der Waals surface area (Å²) >= 11 is 0. The summed E-state index contributed by atoms with van der Waals surface area (Å²) in [6, 6.07) is 9.64. The lowest BCUT2D eigenvalue weighted by Crippen LogP contribution is -2.12. The van der Waals surface area contributed by atoms with E-state index < -0.39 is 6.10 Å². The second kappa shape index (κ2) is 5.88. The molecule has 1 atom stereocenters. The van der Waals surface area contributed by atoms with Gasteiger partial charge in [0.25, 0.3) is 0 Å². The van der Waals surface area contributed by atoms with E-state index in [4.69, 9.17) is 0 Å². The van der Waals surface area contributed by atoms with Crippen LogP contribution in [-0.2, 0) is 6.54 Å². The SMILES string of the molecule is CCCn1cncc1C(O)c1cnnn1-c1ccccc1.